The quantitative estimate of drug-likeness (QED) is 0.917. The standard InChI is InChI=1S/C15H16N2O3/c18-15(17-9-13-10-19-5-6-20-13)12-7-11-3-1-2-4-14(11)16-8-12/h1-4,7-8,13H,5-6,9-10H2,(H,17,18)/t13-/m0/s1. The van der Waals surface area contributed by atoms with Crippen LogP contribution in [0.3, 0.4) is 0 Å². The molecule has 1 fully saturated rings. The Labute approximate surface area is 116 Å². The van der Waals surface area contributed by atoms with Gasteiger partial charge in [-0.05, 0) is 12.1 Å². The monoisotopic (exact) mass is 272 g/mol. The predicted octanol–water partition coefficient (Wildman–Crippen LogP) is 1.38. The van der Waals surface area contributed by atoms with Crippen LogP contribution in [0.4, 0.5) is 0 Å². The average Bonchev–Trinajstić information content (AvgIpc) is 2.53. The van der Waals surface area contributed by atoms with Crippen molar-refractivity contribution in [2.24, 2.45) is 0 Å². The van der Waals surface area contributed by atoms with Gasteiger partial charge in [-0.3, -0.25) is 9.78 Å². The molecule has 1 aromatic carbocycles. The van der Waals surface area contributed by atoms with Gasteiger partial charge in [-0.25, -0.2) is 0 Å². The number of aromatic nitrogens is 1. The Kier molecular flexibility index (Phi) is 3.90. The molecular weight excluding hydrogens is 256 g/mol. The molecule has 1 saturated heterocycles. The summed E-state index contributed by atoms with van der Waals surface area (Å²) in [7, 11) is 0. The number of carbonyl (C=O) groups excluding carboxylic acids is 1. The summed E-state index contributed by atoms with van der Waals surface area (Å²) in [6, 6.07) is 9.56. The second kappa shape index (κ2) is 5.98. The lowest BCUT2D eigenvalue weighted by atomic mass is 10.1. The van der Waals surface area contributed by atoms with Crippen molar-refractivity contribution in [1.29, 1.82) is 0 Å². The molecule has 2 aromatic rings. The lowest BCUT2D eigenvalue weighted by Crippen LogP contribution is -2.39. The van der Waals surface area contributed by atoms with Crippen LogP contribution in [-0.4, -0.2) is 43.4 Å². The van der Waals surface area contributed by atoms with E-state index in [0.717, 1.165) is 10.9 Å². The molecule has 1 N–H and O–H groups in total. The normalized spacial score (nSPS) is 18.9. The van der Waals surface area contributed by atoms with Gasteiger partial charge < -0.3 is 14.8 Å². The van der Waals surface area contributed by atoms with Crippen molar-refractivity contribution >= 4 is 16.8 Å². The Morgan fingerprint density at radius 1 is 1.35 bits per heavy atom. The van der Waals surface area contributed by atoms with Gasteiger partial charge in [0.2, 0.25) is 0 Å². The third-order valence-corrected chi connectivity index (χ3v) is 3.23. The second-order valence-corrected chi connectivity index (χ2v) is 4.69. The van der Waals surface area contributed by atoms with Crippen LogP contribution in [0.15, 0.2) is 36.5 Å². The number of rotatable bonds is 3. The zero-order valence-electron chi connectivity index (χ0n) is 11.0. The molecule has 1 amide bonds. The molecule has 0 spiro atoms. The summed E-state index contributed by atoms with van der Waals surface area (Å²) in [6.45, 7) is 2.18. The van der Waals surface area contributed by atoms with Crippen molar-refractivity contribution in [3.05, 3.63) is 42.1 Å². The van der Waals surface area contributed by atoms with Crippen LogP contribution in [0.2, 0.25) is 0 Å². The molecular formula is C15H16N2O3. The third kappa shape index (κ3) is 2.95. The van der Waals surface area contributed by atoms with Gasteiger partial charge in [0, 0.05) is 18.1 Å². The van der Waals surface area contributed by atoms with Crippen LogP contribution in [0.5, 0.6) is 0 Å². The SMILES string of the molecule is O=C(NC[C@H]1COCCO1)c1cnc2ccccc2c1. The van der Waals surface area contributed by atoms with E-state index < -0.39 is 0 Å². The zero-order valence-corrected chi connectivity index (χ0v) is 11.0. The number of pyridine rings is 1. The summed E-state index contributed by atoms with van der Waals surface area (Å²) in [5.41, 5.74) is 1.44. The highest BCUT2D eigenvalue weighted by Gasteiger charge is 2.16. The minimum Gasteiger partial charge on any atom is -0.376 e. The summed E-state index contributed by atoms with van der Waals surface area (Å²) < 4.78 is 10.8. The average molecular weight is 272 g/mol. The molecule has 0 saturated carbocycles. The molecule has 0 aliphatic carbocycles. The van der Waals surface area contributed by atoms with E-state index in [1.165, 1.54) is 0 Å². The number of carbonyl (C=O) groups is 1. The molecule has 0 radical (unpaired) electrons. The molecule has 3 rings (SSSR count). The van der Waals surface area contributed by atoms with Gasteiger partial charge in [0.15, 0.2) is 0 Å². The van der Waals surface area contributed by atoms with Crippen molar-refractivity contribution in [1.82, 2.24) is 10.3 Å². The van der Waals surface area contributed by atoms with Crippen LogP contribution in [0.1, 0.15) is 10.4 Å². The molecule has 0 unspecified atom stereocenters. The molecule has 1 aliphatic rings. The highest BCUT2D eigenvalue weighted by molar-refractivity contribution is 5.97. The first kappa shape index (κ1) is 13.0. The summed E-state index contributed by atoms with van der Waals surface area (Å²) in [6.07, 6.45) is 1.52. The Hall–Kier alpha value is -1.98. The second-order valence-electron chi connectivity index (χ2n) is 4.69. The molecule has 1 aliphatic heterocycles. The van der Waals surface area contributed by atoms with E-state index >= 15 is 0 Å². The number of nitrogens with zero attached hydrogens (tertiary/aromatic N) is 1. The van der Waals surface area contributed by atoms with Crippen molar-refractivity contribution in [2.45, 2.75) is 6.10 Å². The number of amides is 1. The number of fused-ring (bicyclic) bond motifs is 1. The minimum absolute atomic E-state index is 0.0684. The van der Waals surface area contributed by atoms with Gasteiger partial charge in [0.25, 0.3) is 5.91 Å². The molecule has 5 nitrogen and oxygen atoms in total. The summed E-state index contributed by atoms with van der Waals surface area (Å²) in [5, 5.41) is 3.81. The van der Waals surface area contributed by atoms with E-state index in [1.807, 2.05) is 30.3 Å². The minimum atomic E-state index is -0.141. The topological polar surface area (TPSA) is 60.5 Å². The van der Waals surface area contributed by atoms with E-state index in [0.29, 0.717) is 31.9 Å². The van der Waals surface area contributed by atoms with Crippen molar-refractivity contribution in [3.8, 4) is 0 Å². The maximum atomic E-state index is 12.1. The van der Waals surface area contributed by atoms with Gasteiger partial charge in [-0.1, -0.05) is 18.2 Å². The van der Waals surface area contributed by atoms with Gasteiger partial charge in [-0.2, -0.15) is 0 Å². The molecule has 0 bridgehead atoms. The smallest absolute Gasteiger partial charge is 0.252 e. The fourth-order valence-electron chi connectivity index (χ4n) is 2.16. The van der Waals surface area contributed by atoms with E-state index in [-0.39, 0.29) is 12.0 Å². The van der Waals surface area contributed by atoms with Gasteiger partial charge in [-0.15, -0.1) is 0 Å². The van der Waals surface area contributed by atoms with E-state index in [2.05, 4.69) is 10.3 Å². The lowest BCUT2D eigenvalue weighted by Gasteiger charge is -2.23. The van der Waals surface area contributed by atoms with Crippen molar-refractivity contribution in [2.75, 3.05) is 26.4 Å². The van der Waals surface area contributed by atoms with E-state index in [4.69, 9.17) is 9.47 Å². The van der Waals surface area contributed by atoms with Crippen LogP contribution in [0.25, 0.3) is 10.9 Å². The molecule has 1 aromatic heterocycles. The summed E-state index contributed by atoms with van der Waals surface area (Å²) in [4.78, 5) is 16.4. The van der Waals surface area contributed by atoms with E-state index in [9.17, 15) is 4.79 Å². The summed E-state index contributed by atoms with van der Waals surface area (Å²) in [5.74, 6) is -0.141. The highest BCUT2D eigenvalue weighted by atomic mass is 16.6. The molecule has 1 atom stereocenters. The molecule has 2 heterocycles. The number of ether oxygens (including phenoxy) is 2. The van der Waals surface area contributed by atoms with Gasteiger partial charge in [0.1, 0.15) is 0 Å². The van der Waals surface area contributed by atoms with Gasteiger partial charge >= 0.3 is 0 Å². The maximum absolute atomic E-state index is 12.1. The third-order valence-electron chi connectivity index (χ3n) is 3.23. The predicted molar refractivity (Wildman–Crippen MR) is 74.6 cm³/mol. The lowest BCUT2D eigenvalue weighted by molar-refractivity contribution is -0.0855. The summed E-state index contributed by atoms with van der Waals surface area (Å²) >= 11 is 0. The van der Waals surface area contributed by atoms with Crippen LogP contribution >= 0.6 is 0 Å². The number of hydrogen-bond donors (Lipinski definition) is 1. The van der Waals surface area contributed by atoms with E-state index in [1.54, 1.807) is 6.20 Å². The molecule has 5 heteroatoms. The zero-order chi connectivity index (χ0) is 13.8. The largest absolute Gasteiger partial charge is 0.376 e. The van der Waals surface area contributed by atoms with Crippen molar-refractivity contribution < 1.29 is 14.3 Å². The highest BCUT2D eigenvalue weighted by Crippen LogP contribution is 2.12. The first-order valence-electron chi connectivity index (χ1n) is 6.65. The van der Waals surface area contributed by atoms with Crippen LogP contribution < -0.4 is 5.32 Å². The Bertz CT molecular complexity index is 609. The fraction of sp³-hybridized carbons (Fsp3) is 0.333. The Balaban J connectivity index is 1.65. The molecule has 104 valence electrons. The Morgan fingerprint density at radius 3 is 3.10 bits per heavy atom. The van der Waals surface area contributed by atoms with Gasteiger partial charge in [0.05, 0.1) is 37.0 Å². The van der Waals surface area contributed by atoms with Crippen LogP contribution in [0, 0.1) is 0 Å². The number of nitrogens with one attached hydrogen (secondary N) is 1. The maximum Gasteiger partial charge on any atom is 0.252 e. The van der Waals surface area contributed by atoms with Crippen LogP contribution in [-0.2, 0) is 9.47 Å². The first-order valence-corrected chi connectivity index (χ1v) is 6.65. The van der Waals surface area contributed by atoms with Crippen molar-refractivity contribution in [3.63, 3.8) is 0 Å². The fourth-order valence-corrected chi connectivity index (χ4v) is 2.16. The number of para-hydroxylation sites is 1. The first-order chi connectivity index (χ1) is 9.83. The molecule has 20 heavy (non-hydrogen) atoms. The Morgan fingerprint density at radius 2 is 2.25 bits per heavy atom. The number of benzene rings is 1. The number of hydrogen-bond acceptors (Lipinski definition) is 4.